The van der Waals surface area contributed by atoms with Gasteiger partial charge < -0.3 is 24.1 Å². The van der Waals surface area contributed by atoms with Crippen molar-refractivity contribution in [3.63, 3.8) is 0 Å². The average Bonchev–Trinajstić information content (AvgIpc) is 2.87. The molecule has 1 heterocycles. The van der Waals surface area contributed by atoms with Crippen molar-refractivity contribution in [1.82, 2.24) is 0 Å². The molecule has 0 spiro atoms. The molecule has 0 radical (unpaired) electrons. The topological polar surface area (TPSA) is 91.3 Å². The van der Waals surface area contributed by atoms with Crippen molar-refractivity contribution in [3.05, 3.63) is 71.8 Å². The summed E-state index contributed by atoms with van der Waals surface area (Å²) in [7, 11) is 0. The minimum atomic E-state index is -1.24. The molecule has 8 heteroatoms. The Kier molecular flexibility index (Phi) is 10.4. The summed E-state index contributed by atoms with van der Waals surface area (Å²) < 4.78 is 23.3. The maximum Gasteiger partial charge on any atom is 0.338 e. The summed E-state index contributed by atoms with van der Waals surface area (Å²) in [5, 5.41) is 11.1. The van der Waals surface area contributed by atoms with Crippen LogP contribution in [0.15, 0.2) is 60.7 Å². The first-order chi connectivity index (χ1) is 16.5. The van der Waals surface area contributed by atoms with Crippen LogP contribution in [-0.4, -0.2) is 65.9 Å². The molecule has 0 aromatic heterocycles. The van der Waals surface area contributed by atoms with Crippen LogP contribution in [0.4, 0.5) is 0 Å². The lowest BCUT2D eigenvalue weighted by molar-refractivity contribution is -0.210. The number of benzene rings is 2. The van der Waals surface area contributed by atoms with Crippen LogP contribution in [0.3, 0.4) is 0 Å². The van der Waals surface area contributed by atoms with E-state index in [1.807, 2.05) is 6.92 Å². The first-order valence-corrected chi connectivity index (χ1v) is 12.6. The Balaban J connectivity index is 1.84. The molecule has 1 aliphatic heterocycles. The van der Waals surface area contributed by atoms with Gasteiger partial charge in [-0.1, -0.05) is 56.7 Å². The van der Waals surface area contributed by atoms with Crippen LogP contribution in [-0.2, 0) is 18.9 Å². The zero-order valence-electron chi connectivity index (χ0n) is 19.5. The number of esters is 2. The van der Waals surface area contributed by atoms with Gasteiger partial charge in [0.1, 0.15) is 17.6 Å². The smallest absolute Gasteiger partial charge is 0.338 e. The number of carbonyl (C=O) groups excluding carboxylic acids is 2. The van der Waals surface area contributed by atoms with Crippen molar-refractivity contribution in [3.8, 4) is 0 Å². The number of rotatable bonds is 11. The highest BCUT2D eigenvalue weighted by molar-refractivity contribution is 7.99. The first kappa shape index (κ1) is 26.2. The Labute approximate surface area is 204 Å². The summed E-state index contributed by atoms with van der Waals surface area (Å²) in [6, 6.07) is 17.0. The number of hydrogen-bond acceptors (Lipinski definition) is 8. The van der Waals surface area contributed by atoms with Crippen molar-refractivity contribution >= 4 is 23.7 Å². The number of ether oxygens (including phenoxy) is 4. The number of aliphatic hydroxyl groups is 1. The summed E-state index contributed by atoms with van der Waals surface area (Å²) >= 11 is 1.42. The molecule has 34 heavy (non-hydrogen) atoms. The summed E-state index contributed by atoms with van der Waals surface area (Å²) in [5.41, 5.74) is 0.0505. The van der Waals surface area contributed by atoms with E-state index in [1.54, 1.807) is 60.7 Å². The van der Waals surface area contributed by atoms with Gasteiger partial charge in [0.05, 0.1) is 17.7 Å². The molecule has 3 rings (SSSR count). The van der Waals surface area contributed by atoms with Gasteiger partial charge in [-0.15, -0.1) is 11.8 Å². The summed E-state index contributed by atoms with van der Waals surface area (Å²) in [6.45, 7) is 4.69. The van der Waals surface area contributed by atoms with E-state index in [0.717, 1.165) is 12.8 Å². The zero-order valence-corrected chi connectivity index (χ0v) is 20.3. The maximum absolute atomic E-state index is 12.9. The second-order valence-electron chi connectivity index (χ2n) is 7.89. The Bertz CT molecular complexity index is 893. The van der Waals surface area contributed by atoms with Gasteiger partial charge in [-0.05, 0) is 36.4 Å². The molecule has 5 atom stereocenters. The van der Waals surface area contributed by atoms with Crippen LogP contribution < -0.4 is 0 Å². The van der Waals surface area contributed by atoms with Gasteiger partial charge in [-0.25, -0.2) is 9.59 Å². The van der Waals surface area contributed by atoms with Gasteiger partial charge in [-0.3, -0.25) is 0 Å². The summed E-state index contributed by atoms with van der Waals surface area (Å²) in [6.07, 6.45) is -2.24. The highest BCUT2D eigenvalue weighted by atomic mass is 32.2. The SMILES string of the molecule is CCCCOCC1O[C@@H](SCC)[C@@H](OC(=O)c2ccccc2)C(OC(=O)c2ccccc2)[C@@H]1O. The van der Waals surface area contributed by atoms with Gasteiger partial charge >= 0.3 is 11.9 Å². The molecule has 184 valence electrons. The predicted octanol–water partition coefficient (Wildman–Crippen LogP) is 4.09. The Morgan fingerprint density at radius 1 is 0.912 bits per heavy atom. The number of hydrogen-bond donors (Lipinski definition) is 1. The van der Waals surface area contributed by atoms with E-state index in [-0.39, 0.29) is 6.61 Å². The molecular weight excluding hydrogens is 456 g/mol. The van der Waals surface area contributed by atoms with E-state index in [1.165, 1.54) is 11.8 Å². The number of thioether (sulfide) groups is 1. The summed E-state index contributed by atoms with van der Waals surface area (Å²) in [4.78, 5) is 25.7. The van der Waals surface area contributed by atoms with Crippen molar-refractivity contribution in [2.24, 2.45) is 0 Å². The maximum atomic E-state index is 12.9. The lowest BCUT2D eigenvalue weighted by Gasteiger charge is -2.43. The lowest BCUT2D eigenvalue weighted by atomic mass is 9.99. The van der Waals surface area contributed by atoms with Crippen LogP contribution in [0, 0.1) is 0 Å². The molecule has 0 saturated carbocycles. The second kappa shape index (κ2) is 13.5. The quantitative estimate of drug-likeness (QED) is 0.374. The fraction of sp³-hybridized carbons (Fsp3) is 0.462. The fourth-order valence-electron chi connectivity index (χ4n) is 3.56. The lowest BCUT2D eigenvalue weighted by Crippen LogP contribution is -2.60. The van der Waals surface area contributed by atoms with Crippen LogP contribution in [0.25, 0.3) is 0 Å². The molecule has 0 aliphatic carbocycles. The highest BCUT2D eigenvalue weighted by Gasteiger charge is 2.50. The fourth-order valence-corrected chi connectivity index (χ4v) is 4.51. The van der Waals surface area contributed by atoms with E-state index in [2.05, 4.69) is 6.92 Å². The number of aliphatic hydroxyl groups excluding tert-OH is 1. The van der Waals surface area contributed by atoms with Gasteiger partial charge in [0, 0.05) is 6.61 Å². The van der Waals surface area contributed by atoms with Gasteiger partial charge in [0.15, 0.2) is 12.2 Å². The van der Waals surface area contributed by atoms with Crippen molar-refractivity contribution in [2.75, 3.05) is 19.0 Å². The molecule has 2 aromatic rings. The molecular formula is C26H32O7S. The Hall–Kier alpha value is -2.39. The van der Waals surface area contributed by atoms with E-state index >= 15 is 0 Å². The monoisotopic (exact) mass is 488 g/mol. The third kappa shape index (κ3) is 7.06. The van der Waals surface area contributed by atoms with Gasteiger partial charge in [-0.2, -0.15) is 0 Å². The van der Waals surface area contributed by atoms with Crippen LogP contribution in [0.2, 0.25) is 0 Å². The van der Waals surface area contributed by atoms with Gasteiger partial charge in [0.25, 0.3) is 0 Å². The standard InChI is InChI=1S/C26H32O7S/c1-3-5-16-30-17-20-21(27)22(32-24(28)18-12-8-6-9-13-18)23(26(31-20)34-4-2)33-25(29)19-14-10-7-11-15-19/h6-15,20-23,26-27H,3-5,16-17H2,1-2H3/t20?,21-,22?,23+,26+/m1/s1. The molecule has 0 amide bonds. The highest BCUT2D eigenvalue weighted by Crippen LogP contribution is 2.33. The van der Waals surface area contributed by atoms with Crippen LogP contribution in [0.5, 0.6) is 0 Å². The van der Waals surface area contributed by atoms with Crippen LogP contribution in [0.1, 0.15) is 47.4 Å². The third-order valence-corrected chi connectivity index (χ3v) is 6.42. The Morgan fingerprint density at radius 3 is 2.00 bits per heavy atom. The third-order valence-electron chi connectivity index (χ3n) is 5.38. The minimum Gasteiger partial charge on any atom is -0.452 e. The molecule has 1 fully saturated rings. The molecule has 1 aliphatic rings. The largest absolute Gasteiger partial charge is 0.452 e. The van der Waals surface area contributed by atoms with Crippen molar-refractivity contribution in [2.45, 2.75) is 56.5 Å². The summed E-state index contributed by atoms with van der Waals surface area (Å²) in [5.74, 6) is -0.525. The molecule has 2 unspecified atom stereocenters. The van der Waals surface area contributed by atoms with E-state index < -0.39 is 41.8 Å². The average molecular weight is 489 g/mol. The predicted molar refractivity (Wildman–Crippen MR) is 130 cm³/mol. The normalized spacial score (nSPS) is 24.4. The molecule has 0 bridgehead atoms. The van der Waals surface area contributed by atoms with E-state index in [4.69, 9.17) is 18.9 Å². The van der Waals surface area contributed by atoms with Crippen molar-refractivity contribution in [1.29, 1.82) is 0 Å². The van der Waals surface area contributed by atoms with Gasteiger partial charge in [0.2, 0.25) is 0 Å². The van der Waals surface area contributed by atoms with Crippen LogP contribution >= 0.6 is 11.8 Å². The molecule has 2 aromatic carbocycles. The second-order valence-corrected chi connectivity index (χ2v) is 9.26. The molecule has 1 saturated heterocycles. The Morgan fingerprint density at radius 2 is 1.47 bits per heavy atom. The number of unbranched alkanes of at least 4 members (excludes halogenated alkanes) is 1. The molecule has 7 nitrogen and oxygen atoms in total. The molecule has 1 N–H and O–H groups in total. The van der Waals surface area contributed by atoms with Crippen molar-refractivity contribution < 1.29 is 33.6 Å². The first-order valence-electron chi connectivity index (χ1n) is 11.6. The minimum absolute atomic E-state index is 0.140. The number of carbonyl (C=O) groups is 2. The van der Waals surface area contributed by atoms with E-state index in [9.17, 15) is 14.7 Å². The van der Waals surface area contributed by atoms with E-state index in [0.29, 0.717) is 23.5 Å². The zero-order chi connectivity index (χ0) is 24.3.